The van der Waals surface area contributed by atoms with Gasteiger partial charge in [0.1, 0.15) is 5.75 Å². The third-order valence-corrected chi connectivity index (χ3v) is 8.14. The fourth-order valence-corrected chi connectivity index (χ4v) is 6.49. The molecule has 176 valence electrons. The molecule has 1 saturated carbocycles. The Morgan fingerprint density at radius 1 is 1.24 bits per heavy atom. The van der Waals surface area contributed by atoms with Crippen LogP contribution in [0.1, 0.15) is 86.9 Å². The second kappa shape index (κ2) is 7.17. The van der Waals surface area contributed by atoms with Crippen molar-refractivity contribution >= 4 is 5.78 Å². The molecule has 6 heteroatoms. The van der Waals surface area contributed by atoms with Gasteiger partial charge in [-0.15, -0.1) is 0 Å². The number of ketones is 1. The molecule has 0 N–H and O–H groups in total. The third kappa shape index (κ3) is 2.90. The number of hydrogen-bond donors (Lipinski definition) is 0. The lowest BCUT2D eigenvalue weighted by Gasteiger charge is -2.40. The Kier molecular flexibility index (Phi) is 4.51. The fraction of sp³-hybridized carbons (Fsp3) is 0.464. The molecular weight excluding hydrogens is 426 g/mol. The van der Waals surface area contributed by atoms with Crippen molar-refractivity contribution in [3.05, 3.63) is 57.6 Å². The molecule has 3 aromatic rings. The summed E-state index contributed by atoms with van der Waals surface area (Å²) in [5, 5.41) is 4.58. The Bertz CT molecular complexity index is 1410. The van der Waals surface area contributed by atoms with E-state index in [1.54, 1.807) is 6.07 Å². The average Bonchev–Trinajstić information content (AvgIpc) is 3.51. The van der Waals surface area contributed by atoms with Crippen LogP contribution >= 0.6 is 0 Å². The van der Waals surface area contributed by atoms with E-state index in [2.05, 4.69) is 49.6 Å². The number of Topliss-reactive ketones (excluding diaryl/α,β-unsaturated/α-hetero) is 1. The summed E-state index contributed by atoms with van der Waals surface area (Å²) in [5.74, 6) is 1.06. The summed E-state index contributed by atoms with van der Waals surface area (Å²) in [6, 6.07) is 4.47. The maximum Gasteiger partial charge on any atom is 0.192 e. The predicted molar refractivity (Wildman–Crippen MR) is 132 cm³/mol. The van der Waals surface area contributed by atoms with E-state index < -0.39 is 0 Å². The van der Waals surface area contributed by atoms with Gasteiger partial charge >= 0.3 is 0 Å². The summed E-state index contributed by atoms with van der Waals surface area (Å²) in [6.45, 7) is 11.0. The molecule has 1 aromatic carbocycles. The summed E-state index contributed by atoms with van der Waals surface area (Å²) in [7, 11) is 0. The van der Waals surface area contributed by atoms with Crippen LogP contribution in [0.2, 0.25) is 0 Å². The van der Waals surface area contributed by atoms with E-state index in [0.29, 0.717) is 12.5 Å². The Balaban J connectivity index is 1.66. The summed E-state index contributed by atoms with van der Waals surface area (Å²) >= 11 is 0. The molecule has 1 aliphatic carbocycles. The van der Waals surface area contributed by atoms with Crippen molar-refractivity contribution in [1.29, 1.82) is 0 Å². The van der Waals surface area contributed by atoms with Crippen molar-refractivity contribution in [3.8, 4) is 28.1 Å². The number of ether oxygens (including phenoxy) is 1. The van der Waals surface area contributed by atoms with Gasteiger partial charge < -0.3 is 9.30 Å². The first kappa shape index (κ1) is 21.4. The molecule has 2 aliphatic heterocycles. The van der Waals surface area contributed by atoms with Crippen LogP contribution in [0.3, 0.4) is 0 Å². The molecule has 34 heavy (non-hydrogen) atoms. The zero-order chi connectivity index (χ0) is 23.9. The van der Waals surface area contributed by atoms with Gasteiger partial charge in [0.25, 0.3) is 0 Å². The first-order chi connectivity index (χ1) is 16.2. The first-order valence-electron chi connectivity index (χ1n) is 12.3. The quantitative estimate of drug-likeness (QED) is 0.483. The van der Waals surface area contributed by atoms with Gasteiger partial charge in [-0.05, 0) is 50.7 Å². The van der Waals surface area contributed by atoms with Crippen LogP contribution < -0.4 is 10.2 Å². The molecular formula is C28H31N3O3. The van der Waals surface area contributed by atoms with E-state index in [1.807, 2.05) is 17.1 Å². The first-order valence-corrected chi connectivity index (χ1v) is 12.3. The molecule has 1 fully saturated rings. The minimum atomic E-state index is -0.200. The average molecular weight is 458 g/mol. The highest BCUT2D eigenvalue weighted by Crippen LogP contribution is 2.61. The molecule has 0 radical (unpaired) electrons. The van der Waals surface area contributed by atoms with Crippen LogP contribution in [0.4, 0.5) is 0 Å². The number of hydrogen-bond acceptors (Lipinski definition) is 4. The Hall–Kier alpha value is -3.15. The number of rotatable bonds is 3. The Morgan fingerprint density at radius 3 is 2.74 bits per heavy atom. The van der Waals surface area contributed by atoms with Gasteiger partial charge in [0.2, 0.25) is 0 Å². The van der Waals surface area contributed by atoms with Gasteiger partial charge in [0.05, 0.1) is 24.1 Å². The lowest BCUT2D eigenvalue weighted by molar-refractivity contribution is 0.101. The number of pyridine rings is 1. The molecule has 3 aliphatic rings. The molecule has 2 atom stereocenters. The summed E-state index contributed by atoms with van der Waals surface area (Å²) in [6.07, 6.45) is 8.85. The highest BCUT2D eigenvalue weighted by molar-refractivity contribution is 5.94. The van der Waals surface area contributed by atoms with Gasteiger partial charge in [-0.2, -0.15) is 5.10 Å². The Morgan fingerprint density at radius 2 is 2.03 bits per heavy atom. The third-order valence-electron chi connectivity index (χ3n) is 8.14. The molecule has 6 nitrogen and oxygen atoms in total. The SMILES string of the molecule is CC(=O)c1cn2c(cc1=O)-c1c(cc(-c3cnn(C(C)C)c3)c3c1CCO3)C1CCC(C)(C)C12. The van der Waals surface area contributed by atoms with Crippen molar-refractivity contribution in [3.63, 3.8) is 0 Å². The molecule has 0 amide bonds. The number of nitrogens with zero attached hydrogens (tertiary/aromatic N) is 3. The maximum absolute atomic E-state index is 13.0. The second-order valence-electron chi connectivity index (χ2n) is 11.1. The van der Waals surface area contributed by atoms with Crippen LogP contribution in [0.25, 0.3) is 22.4 Å². The van der Waals surface area contributed by atoms with Crippen LogP contribution in [0.5, 0.6) is 5.75 Å². The van der Waals surface area contributed by atoms with Crippen molar-refractivity contribution in [2.45, 2.75) is 71.9 Å². The van der Waals surface area contributed by atoms with E-state index in [4.69, 9.17) is 4.74 Å². The smallest absolute Gasteiger partial charge is 0.192 e. The highest BCUT2D eigenvalue weighted by atomic mass is 16.5. The largest absolute Gasteiger partial charge is 0.492 e. The summed E-state index contributed by atoms with van der Waals surface area (Å²) < 4.78 is 10.4. The van der Waals surface area contributed by atoms with Crippen molar-refractivity contribution < 1.29 is 9.53 Å². The number of benzene rings is 1. The molecule has 0 bridgehead atoms. The number of fused-ring (bicyclic) bond motifs is 8. The van der Waals surface area contributed by atoms with Crippen molar-refractivity contribution in [2.75, 3.05) is 6.61 Å². The molecule has 2 unspecified atom stereocenters. The van der Waals surface area contributed by atoms with E-state index in [-0.39, 0.29) is 34.3 Å². The molecule has 2 aromatic heterocycles. The second-order valence-corrected chi connectivity index (χ2v) is 11.1. The predicted octanol–water partition coefficient (Wildman–Crippen LogP) is 5.56. The van der Waals surface area contributed by atoms with Crippen LogP contribution in [0, 0.1) is 5.41 Å². The topological polar surface area (TPSA) is 66.1 Å². The van der Waals surface area contributed by atoms with Crippen LogP contribution in [-0.2, 0) is 6.42 Å². The van der Waals surface area contributed by atoms with Crippen LogP contribution in [-0.4, -0.2) is 26.7 Å². The summed E-state index contributed by atoms with van der Waals surface area (Å²) in [5.41, 5.74) is 6.84. The maximum atomic E-state index is 13.0. The normalized spacial score (nSPS) is 21.6. The van der Waals surface area contributed by atoms with Gasteiger partial charge in [-0.1, -0.05) is 13.8 Å². The monoisotopic (exact) mass is 457 g/mol. The van der Waals surface area contributed by atoms with E-state index in [9.17, 15) is 9.59 Å². The van der Waals surface area contributed by atoms with E-state index in [1.165, 1.54) is 18.1 Å². The number of carbonyl (C=O) groups is 1. The van der Waals surface area contributed by atoms with Gasteiger partial charge in [0, 0.05) is 65.1 Å². The minimum Gasteiger partial charge on any atom is -0.492 e. The van der Waals surface area contributed by atoms with E-state index in [0.717, 1.165) is 47.4 Å². The minimum absolute atomic E-state index is 0.0540. The van der Waals surface area contributed by atoms with E-state index >= 15 is 0 Å². The fourth-order valence-electron chi connectivity index (χ4n) is 6.49. The lowest BCUT2D eigenvalue weighted by atomic mass is 9.75. The van der Waals surface area contributed by atoms with Gasteiger partial charge in [-0.3, -0.25) is 14.3 Å². The van der Waals surface area contributed by atoms with Gasteiger partial charge in [0.15, 0.2) is 11.2 Å². The Labute approximate surface area is 199 Å². The zero-order valence-electron chi connectivity index (χ0n) is 20.5. The molecule has 0 spiro atoms. The molecule has 0 saturated heterocycles. The summed E-state index contributed by atoms with van der Waals surface area (Å²) in [4.78, 5) is 25.2. The highest BCUT2D eigenvalue weighted by Gasteiger charge is 2.48. The van der Waals surface area contributed by atoms with Crippen LogP contribution in [0.15, 0.2) is 35.5 Å². The number of aromatic nitrogens is 3. The van der Waals surface area contributed by atoms with Crippen molar-refractivity contribution in [2.24, 2.45) is 5.41 Å². The number of carbonyl (C=O) groups excluding carboxylic acids is 1. The molecule has 6 rings (SSSR count). The standard InChI is InChI=1S/C28H31N3O3/c1-15(2)31-13-17(12-29-31)20-10-21-18-6-8-28(4,5)27(18)30-14-22(16(3)32)24(33)11-23(30)25(21)19-7-9-34-26(19)20/h10-15,18,27H,6-9H2,1-5H3. The van der Waals surface area contributed by atoms with Gasteiger partial charge in [-0.25, -0.2) is 0 Å². The molecule has 4 heterocycles. The lowest BCUT2D eigenvalue weighted by Crippen LogP contribution is -2.32. The zero-order valence-corrected chi connectivity index (χ0v) is 20.5. The van der Waals surface area contributed by atoms with Crippen molar-refractivity contribution in [1.82, 2.24) is 14.3 Å².